The van der Waals surface area contributed by atoms with Crippen molar-refractivity contribution >= 4 is 29.4 Å². The highest BCUT2D eigenvalue weighted by molar-refractivity contribution is 7.84. The summed E-state index contributed by atoms with van der Waals surface area (Å²) in [6, 6.07) is 16.6. The molecule has 1 heterocycles. The average Bonchev–Trinajstić information content (AvgIpc) is 3.00. The van der Waals surface area contributed by atoms with Gasteiger partial charge in [-0.05, 0) is 52.7 Å². The Balaban J connectivity index is 2.08. The Morgan fingerprint density at radius 3 is 2.25 bits per heavy atom. The highest BCUT2D eigenvalue weighted by atomic mass is 32.2. The van der Waals surface area contributed by atoms with E-state index in [2.05, 4.69) is 13.3 Å². The van der Waals surface area contributed by atoms with Gasteiger partial charge in [0.05, 0.1) is 0 Å². The van der Waals surface area contributed by atoms with Gasteiger partial charge >= 0.3 is 0 Å². The first-order chi connectivity index (χ1) is 11.6. The number of thiophene rings is 1. The molecule has 1 unspecified atom stereocenters. The third-order valence-electron chi connectivity index (χ3n) is 3.79. The fourth-order valence-electron chi connectivity index (χ4n) is 2.60. The van der Waals surface area contributed by atoms with Crippen molar-refractivity contribution in [3.63, 3.8) is 0 Å². The Bertz CT molecular complexity index is 854. The Morgan fingerprint density at radius 2 is 1.67 bits per heavy atom. The van der Waals surface area contributed by atoms with Crippen molar-refractivity contribution in [2.45, 2.75) is 18.0 Å². The molecule has 3 rings (SSSR count). The van der Waals surface area contributed by atoms with Crippen molar-refractivity contribution in [2.24, 2.45) is 0 Å². The zero-order valence-electron chi connectivity index (χ0n) is 13.6. The van der Waals surface area contributed by atoms with Crippen LogP contribution in [0.25, 0.3) is 21.6 Å². The summed E-state index contributed by atoms with van der Waals surface area (Å²) in [5.41, 5.74) is 3.24. The second-order valence-electron chi connectivity index (χ2n) is 5.55. The SMILES string of the molecule is C[B]Cc1cc(-c2ccc(S(C)=O)cc2)c(-c2ccc(F)cc2)s1. The first-order valence-electron chi connectivity index (χ1n) is 7.69. The molecule has 3 aromatic rings. The average molecular weight is 355 g/mol. The van der Waals surface area contributed by atoms with Gasteiger partial charge in [-0.1, -0.05) is 31.1 Å². The van der Waals surface area contributed by atoms with Gasteiger partial charge in [-0.2, -0.15) is 0 Å². The van der Waals surface area contributed by atoms with Crippen LogP contribution in [0.2, 0.25) is 6.82 Å². The summed E-state index contributed by atoms with van der Waals surface area (Å²) >= 11 is 1.73. The Hall–Kier alpha value is -1.72. The predicted molar refractivity (Wildman–Crippen MR) is 103 cm³/mol. The number of rotatable bonds is 5. The molecule has 1 nitrogen and oxygen atoms in total. The van der Waals surface area contributed by atoms with Gasteiger partial charge < -0.3 is 0 Å². The minimum Gasteiger partial charge on any atom is -0.255 e. The van der Waals surface area contributed by atoms with Crippen LogP contribution in [-0.2, 0) is 17.1 Å². The van der Waals surface area contributed by atoms with E-state index in [0.29, 0.717) is 0 Å². The first kappa shape index (κ1) is 17.1. The molecule has 0 saturated carbocycles. The van der Waals surface area contributed by atoms with Crippen molar-refractivity contribution in [3.8, 4) is 21.6 Å². The fraction of sp³-hybridized carbons (Fsp3) is 0.158. The molecule has 1 atom stereocenters. The maximum atomic E-state index is 13.2. The maximum absolute atomic E-state index is 13.2. The van der Waals surface area contributed by atoms with Crippen molar-refractivity contribution in [1.82, 2.24) is 0 Å². The van der Waals surface area contributed by atoms with Crippen LogP contribution in [0.4, 0.5) is 4.39 Å². The largest absolute Gasteiger partial charge is 0.255 e. The molecule has 0 saturated heterocycles. The highest BCUT2D eigenvalue weighted by Crippen LogP contribution is 2.39. The third kappa shape index (κ3) is 3.68. The lowest BCUT2D eigenvalue weighted by Crippen LogP contribution is -1.87. The molecule has 0 aliphatic heterocycles. The van der Waals surface area contributed by atoms with E-state index in [0.717, 1.165) is 32.8 Å². The number of hydrogen-bond donors (Lipinski definition) is 0. The summed E-state index contributed by atoms with van der Waals surface area (Å²) in [5.74, 6) is -0.228. The van der Waals surface area contributed by atoms with E-state index >= 15 is 0 Å². The molecule has 0 fully saturated rings. The molecule has 121 valence electrons. The standard InChI is InChI=1S/C19H17BFOS2/c1-20-12-16-11-18(13-5-9-17(10-6-13)24(2)22)19(23-16)14-3-7-15(21)8-4-14/h3-11H,12H2,1-2H3. The lowest BCUT2D eigenvalue weighted by molar-refractivity contribution is 0.628. The Labute approximate surface area is 149 Å². The minimum atomic E-state index is -0.979. The third-order valence-corrected chi connectivity index (χ3v) is 5.93. The lowest BCUT2D eigenvalue weighted by Gasteiger charge is -2.05. The van der Waals surface area contributed by atoms with Crippen molar-refractivity contribution in [2.75, 3.05) is 6.26 Å². The van der Waals surface area contributed by atoms with E-state index < -0.39 is 10.8 Å². The van der Waals surface area contributed by atoms with Gasteiger partial charge in [0.15, 0.2) is 0 Å². The van der Waals surface area contributed by atoms with Crippen molar-refractivity contribution in [1.29, 1.82) is 0 Å². The van der Waals surface area contributed by atoms with Crippen LogP contribution in [-0.4, -0.2) is 17.7 Å². The van der Waals surface area contributed by atoms with Crippen LogP contribution in [0, 0.1) is 5.82 Å². The highest BCUT2D eigenvalue weighted by Gasteiger charge is 2.13. The normalized spacial score (nSPS) is 12.1. The Kier molecular flexibility index (Phi) is 5.31. The molecule has 2 aromatic carbocycles. The first-order valence-corrected chi connectivity index (χ1v) is 10.1. The molecule has 1 radical (unpaired) electrons. The smallest absolute Gasteiger partial charge is 0.123 e. The second-order valence-corrected chi connectivity index (χ2v) is 8.07. The Morgan fingerprint density at radius 1 is 1.04 bits per heavy atom. The topological polar surface area (TPSA) is 17.1 Å². The van der Waals surface area contributed by atoms with Crippen molar-refractivity contribution in [3.05, 3.63) is 65.3 Å². The predicted octanol–water partition coefficient (Wildman–Crippen LogP) is 5.21. The molecule has 0 aliphatic rings. The van der Waals surface area contributed by atoms with Crippen molar-refractivity contribution < 1.29 is 8.60 Å². The number of halogens is 1. The van der Waals surface area contributed by atoms with Gasteiger partial charge in [-0.25, -0.2) is 4.39 Å². The van der Waals surface area contributed by atoms with E-state index in [9.17, 15) is 8.60 Å². The van der Waals surface area contributed by atoms with Gasteiger partial charge in [-0.3, -0.25) is 4.21 Å². The molecule has 0 bridgehead atoms. The van der Waals surface area contributed by atoms with Crippen LogP contribution in [0.15, 0.2) is 59.5 Å². The molecule has 0 N–H and O–H groups in total. The van der Waals surface area contributed by atoms with Crippen LogP contribution in [0.5, 0.6) is 0 Å². The van der Waals surface area contributed by atoms with Gasteiger partial charge in [0.25, 0.3) is 0 Å². The zero-order chi connectivity index (χ0) is 17.1. The molecule has 0 aliphatic carbocycles. The van der Waals surface area contributed by atoms with E-state index in [-0.39, 0.29) is 5.82 Å². The molecular formula is C19H17BFOS2. The lowest BCUT2D eigenvalue weighted by atomic mass is 9.77. The van der Waals surface area contributed by atoms with E-state index in [4.69, 9.17) is 0 Å². The van der Waals surface area contributed by atoms with Gasteiger partial charge in [0.1, 0.15) is 13.1 Å². The van der Waals surface area contributed by atoms with Crippen LogP contribution >= 0.6 is 11.3 Å². The van der Waals surface area contributed by atoms with Gasteiger partial charge in [0.2, 0.25) is 0 Å². The molecule has 0 spiro atoms. The summed E-state index contributed by atoms with van der Waals surface area (Å²) in [6.45, 7) is 2.04. The van der Waals surface area contributed by atoms with E-state index in [1.54, 1.807) is 17.6 Å². The summed E-state index contributed by atoms with van der Waals surface area (Å²) in [7, 11) is 1.15. The quantitative estimate of drug-likeness (QED) is 0.574. The van der Waals surface area contributed by atoms with Gasteiger partial charge in [-0.15, -0.1) is 11.3 Å². The molecule has 0 amide bonds. The van der Waals surface area contributed by atoms with E-state index in [1.165, 1.54) is 17.0 Å². The van der Waals surface area contributed by atoms with E-state index in [1.807, 2.05) is 43.2 Å². The molecule has 1 aromatic heterocycles. The van der Waals surface area contributed by atoms with Crippen LogP contribution in [0.3, 0.4) is 0 Å². The summed E-state index contributed by atoms with van der Waals surface area (Å²) in [4.78, 5) is 3.23. The van der Waals surface area contributed by atoms with Crippen LogP contribution < -0.4 is 0 Å². The molecule has 24 heavy (non-hydrogen) atoms. The molecular weight excluding hydrogens is 338 g/mol. The number of hydrogen-bond acceptors (Lipinski definition) is 2. The maximum Gasteiger partial charge on any atom is 0.123 e. The summed E-state index contributed by atoms with van der Waals surface area (Å²) < 4.78 is 24.8. The zero-order valence-corrected chi connectivity index (χ0v) is 15.2. The van der Waals surface area contributed by atoms with Gasteiger partial charge in [0, 0.05) is 32.4 Å². The fourth-order valence-corrected chi connectivity index (χ4v) is 4.35. The minimum absolute atomic E-state index is 0.228. The monoisotopic (exact) mass is 355 g/mol. The second kappa shape index (κ2) is 7.45. The molecule has 5 heteroatoms. The van der Waals surface area contributed by atoms with Crippen LogP contribution in [0.1, 0.15) is 4.88 Å². The number of benzene rings is 2. The summed E-state index contributed by atoms with van der Waals surface area (Å²) in [6.07, 6.45) is 2.59. The summed E-state index contributed by atoms with van der Waals surface area (Å²) in [5, 5.41) is 0.